The molecular formula is C12H20N2S. The fraction of sp³-hybridized carbons (Fsp3) is 0.750. The molecule has 0 aliphatic heterocycles. The van der Waals surface area contributed by atoms with E-state index in [9.17, 15) is 0 Å². The average Bonchev–Trinajstić information content (AvgIpc) is 2.87. The summed E-state index contributed by atoms with van der Waals surface area (Å²) in [5, 5.41) is 3.63. The lowest BCUT2D eigenvalue weighted by atomic mass is 10.0. The summed E-state index contributed by atoms with van der Waals surface area (Å²) in [5.74, 6) is 0.889. The lowest BCUT2D eigenvalue weighted by molar-refractivity contribution is 0.485. The van der Waals surface area contributed by atoms with E-state index in [2.05, 4.69) is 17.2 Å². The van der Waals surface area contributed by atoms with E-state index in [0.29, 0.717) is 0 Å². The van der Waals surface area contributed by atoms with Crippen molar-refractivity contribution >= 4 is 11.3 Å². The minimum absolute atomic E-state index is 0.780. The summed E-state index contributed by atoms with van der Waals surface area (Å²) in [7, 11) is 0. The first kappa shape index (κ1) is 11.1. The lowest BCUT2D eigenvalue weighted by Gasteiger charge is -2.11. The molecule has 1 N–H and O–H groups in total. The fourth-order valence-electron chi connectivity index (χ4n) is 2.42. The Morgan fingerprint density at radius 1 is 1.53 bits per heavy atom. The van der Waals surface area contributed by atoms with Crippen molar-refractivity contribution in [1.82, 2.24) is 10.3 Å². The number of aromatic nitrogens is 1. The molecular weight excluding hydrogens is 204 g/mol. The molecule has 1 saturated carbocycles. The molecule has 2 nitrogen and oxygen atoms in total. The van der Waals surface area contributed by atoms with Crippen LogP contribution in [0.25, 0.3) is 0 Å². The van der Waals surface area contributed by atoms with Crippen LogP contribution in [-0.2, 0) is 6.42 Å². The van der Waals surface area contributed by atoms with Gasteiger partial charge in [0.1, 0.15) is 0 Å². The number of hydrogen-bond donors (Lipinski definition) is 1. The third kappa shape index (κ3) is 3.28. The Hall–Kier alpha value is -0.410. The standard InChI is InChI=1S/C12H20N2S/c1-2-5-14-11-4-3-10(6-11)7-12-8-13-9-15-12/h8-11,14H,2-7H2,1H3. The van der Waals surface area contributed by atoms with Crippen molar-refractivity contribution in [2.45, 2.75) is 45.1 Å². The van der Waals surface area contributed by atoms with Crippen LogP contribution < -0.4 is 5.32 Å². The van der Waals surface area contributed by atoms with Gasteiger partial charge in [-0.25, -0.2) is 0 Å². The number of hydrogen-bond acceptors (Lipinski definition) is 3. The predicted octanol–water partition coefficient (Wildman–Crippen LogP) is 2.85. The molecule has 0 bridgehead atoms. The largest absolute Gasteiger partial charge is 0.314 e. The Labute approximate surface area is 96.1 Å². The number of thiazole rings is 1. The molecule has 0 aromatic carbocycles. The minimum Gasteiger partial charge on any atom is -0.314 e. The van der Waals surface area contributed by atoms with Gasteiger partial charge in [-0.2, -0.15) is 0 Å². The summed E-state index contributed by atoms with van der Waals surface area (Å²) in [6.07, 6.45) is 8.63. The van der Waals surface area contributed by atoms with E-state index >= 15 is 0 Å². The Balaban J connectivity index is 1.73. The molecule has 2 rings (SSSR count). The Bertz CT molecular complexity index is 271. The molecule has 84 valence electrons. The molecule has 0 spiro atoms. The zero-order chi connectivity index (χ0) is 10.5. The highest BCUT2D eigenvalue weighted by atomic mass is 32.1. The summed E-state index contributed by atoms with van der Waals surface area (Å²) < 4.78 is 0. The van der Waals surface area contributed by atoms with Crippen molar-refractivity contribution in [3.8, 4) is 0 Å². The quantitative estimate of drug-likeness (QED) is 0.832. The van der Waals surface area contributed by atoms with Crippen LogP contribution in [-0.4, -0.2) is 17.6 Å². The summed E-state index contributed by atoms with van der Waals surface area (Å²) in [6, 6.07) is 0.780. The molecule has 2 unspecified atom stereocenters. The Kier molecular flexibility index (Phi) is 4.15. The predicted molar refractivity (Wildman–Crippen MR) is 65.2 cm³/mol. The van der Waals surface area contributed by atoms with Crippen LogP contribution in [0.3, 0.4) is 0 Å². The maximum Gasteiger partial charge on any atom is 0.0794 e. The normalized spacial score (nSPS) is 25.9. The van der Waals surface area contributed by atoms with Crippen LogP contribution in [0.15, 0.2) is 11.7 Å². The van der Waals surface area contributed by atoms with E-state index in [1.165, 1.54) is 43.5 Å². The van der Waals surface area contributed by atoms with Crippen LogP contribution >= 0.6 is 11.3 Å². The molecule has 2 atom stereocenters. The third-order valence-corrected chi connectivity index (χ3v) is 4.00. The number of nitrogens with one attached hydrogen (secondary N) is 1. The first-order valence-electron chi connectivity index (χ1n) is 5.99. The van der Waals surface area contributed by atoms with Gasteiger partial charge in [0, 0.05) is 17.1 Å². The first-order valence-corrected chi connectivity index (χ1v) is 6.87. The molecule has 1 fully saturated rings. The van der Waals surface area contributed by atoms with Gasteiger partial charge in [0.15, 0.2) is 0 Å². The van der Waals surface area contributed by atoms with E-state index in [1.807, 2.05) is 11.7 Å². The highest BCUT2D eigenvalue weighted by Gasteiger charge is 2.24. The van der Waals surface area contributed by atoms with Crippen molar-refractivity contribution in [2.24, 2.45) is 5.92 Å². The molecule has 0 radical (unpaired) electrons. The van der Waals surface area contributed by atoms with Gasteiger partial charge in [-0.15, -0.1) is 11.3 Å². The van der Waals surface area contributed by atoms with Crippen LogP contribution in [0, 0.1) is 5.92 Å². The molecule has 1 aromatic rings. The Morgan fingerprint density at radius 3 is 3.20 bits per heavy atom. The van der Waals surface area contributed by atoms with Crippen LogP contribution in [0.2, 0.25) is 0 Å². The second kappa shape index (κ2) is 5.61. The molecule has 1 aromatic heterocycles. The van der Waals surface area contributed by atoms with Crippen molar-refractivity contribution in [2.75, 3.05) is 6.54 Å². The number of nitrogens with zero attached hydrogens (tertiary/aromatic N) is 1. The molecule has 1 aliphatic carbocycles. The zero-order valence-corrected chi connectivity index (χ0v) is 10.2. The summed E-state index contributed by atoms with van der Waals surface area (Å²) >= 11 is 1.80. The Morgan fingerprint density at radius 2 is 2.47 bits per heavy atom. The van der Waals surface area contributed by atoms with Gasteiger partial charge >= 0.3 is 0 Å². The van der Waals surface area contributed by atoms with Gasteiger partial charge in [-0.3, -0.25) is 4.98 Å². The van der Waals surface area contributed by atoms with Gasteiger partial charge in [-0.1, -0.05) is 6.92 Å². The van der Waals surface area contributed by atoms with Gasteiger partial charge in [-0.05, 0) is 44.6 Å². The first-order chi connectivity index (χ1) is 7.38. The van der Waals surface area contributed by atoms with Crippen LogP contribution in [0.5, 0.6) is 0 Å². The van der Waals surface area contributed by atoms with Gasteiger partial charge < -0.3 is 5.32 Å². The molecule has 0 amide bonds. The highest BCUT2D eigenvalue weighted by molar-refractivity contribution is 7.09. The smallest absolute Gasteiger partial charge is 0.0794 e. The van der Waals surface area contributed by atoms with E-state index in [1.54, 1.807) is 11.3 Å². The second-order valence-corrected chi connectivity index (χ2v) is 5.47. The van der Waals surface area contributed by atoms with Gasteiger partial charge in [0.2, 0.25) is 0 Å². The minimum atomic E-state index is 0.780. The maximum absolute atomic E-state index is 4.14. The third-order valence-electron chi connectivity index (χ3n) is 3.20. The van der Waals surface area contributed by atoms with E-state index in [0.717, 1.165) is 12.0 Å². The molecule has 1 aliphatic rings. The van der Waals surface area contributed by atoms with Crippen molar-refractivity contribution < 1.29 is 0 Å². The van der Waals surface area contributed by atoms with Crippen molar-refractivity contribution in [3.05, 3.63) is 16.6 Å². The molecule has 1 heterocycles. The van der Waals surface area contributed by atoms with E-state index in [4.69, 9.17) is 0 Å². The SMILES string of the molecule is CCCNC1CCC(Cc2cncs2)C1. The summed E-state index contributed by atoms with van der Waals surface area (Å²) in [4.78, 5) is 5.59. The molecule has 0 saturated heterocycles. The van der Waals surface area contributed by atoms with E-state index in [-0.39, 0.29) is 0 Å². The fourth-order valence-corrected chi connectivity index (χ4v) is 3.13. The monoisotopic (exact) mass is 224 g/mol. The number of rotatable bonds is 5. The van der Waals surface area contributed by atoms with E-state index < -0.39 is 0 Å². The highest BCUT2D eigenvalue weighted by Crippen LogP contribution is 2.29. The average molecular weight is 224 g/mol. The van der Waals surface area contributed by atoms with Crippen LogP contribution in [0.1, 0.15) is 37.5 Å². The van der Waals surface area contributed by atoms with Crippen molar-refractivity contribution in [3.63, 3.8) is 0 Å². The lowest BCUT2D eigenvalue weighted by Crippen LogP contribution is -2.27. The zero-order valence-electron chi connectivity index (χ0n) is 9.41. The summed E-state index contributed by atoms with van der Waals surface area (Å²) in [5.41, 5.74) is 1.94. The molecule has 15 heavy (non-hydrogen) atoms. The maximum atomic E-state index is 4.14. The second-order valence-electron chi connectivity index (χ2n) is 4.50. The van der Waals surface area contributed by atoms with Crippen molar-refractivity contribution in [1.29, 1.82) is 0 Å². The topological polar surface area (TPSA) is 24.9 Å². The summed E-state index contributed by atoms with van der Waals surface area (Å²) in [6.45, 7) is 3.41. The van der Waals surface area contributed by atoms with Gasteiger partial charge in [0.25, 0.3) is 0 Å². The van der Waals surface area contributed by atoms with Crippen LogP contribution in [0.4, 0.5) is 0 Å². The van der Waals surface area contributed by atoms with Gasteiger partial charge in [0.05, 0.1) is 5.51 Å². The molecule has 3 heteroatoms.